The Bertz CT molecular complexity index is 509. The third-order valence-electron chi connectivity index (χ3n) is 2.79. The van der Waals surface area contributed by atoms with Crippen molar-refractivity contribution >= 4 is 27.1 Å². The van der Waals surface area contributed by atoms with Gasteiger partial charge < -0.3 is 10.5 Å². The number of halogens is 1. The molecule has 1 atom stereocenters. The minimum Gasteiger partial charge on any atom is -0.398 e. The van der Waals surface area contributed by atoms with Gasteiger partial charge >= 0.3 is 0 Å². The average Bonchev–Trinajstić information content (AvgIpc) is 2.68. The van der Waals surface area contributed by atoms with Gasteiger partial charge in [-0.25, -0.2) is 8.42 Å². The van der Waals surface area contributed by atoms with Crippen molar-refractivity contribution in [1.29, 1.82) is 0 Å². The molecule has 1 aliphatic heterocycles. The molecule has 1 aromatic carbocycles. The predicted molar refractivity (Wildman–Crippen MR) is 66.8 cm³/mol. The van der Waals surface area contributed by atoms with Crippen molar-refractivity contribution in [3.8, 4) is 0 Å². The lowest BCUT2D eigenvalue weighted by molar-refractivity contribution is 0.188. The number of ether oxygens (including phenoxy) is 1. The number of hydrogen-bond donors (Lipinski definition) is 1. The topological polar surface area (TPSA) is 69.4 Å². The van der Waals surface area contributed by atoms with Crippen molar-refractivity contribution in [2.45, 2.75) is 11.3 Å². The molecule has 1 unspecified atom stereocenters. The van der Waals surface area contributed by atoms with Crippen LogP contribution in [0.3, 0.4) is 0 Å². The summed E-state index contributed by atoms with van der Waals surface area (Å²) in [5.74, 6) is 0.147. The predicted octanol–water partition coefficient (Wildman–Crippen LogP) is 1.73. The Morgan fingerprint density at radius 3 is 2.82 bits per heavy atom. The van der Waals surface area contributed by atoms with Crippen LogP contribution in [0.25, 0.3) is 0 Å². The number of nitrogens with two attached hydrogens (primary N) is 1. The Morgan fingerprint density at radius 1 is 1.47 bits per heavy atom. The first-order chi connectivity index (χ1) is 7.99. The smallest absolute Gasteiger partial charge is 0.180 e. The molecule has 4 nitrogen and oxygen atoms in total. The summed E-state index contributed by atoms with van der Waals surface area (Å²) in [5, 5.41) is 0.436. The quantitative estimate of drug-likeness (QED) is 0.853. The summed E-state index contributed by atoms with van der Waals surface area (Å²) >= 11 is 5.74. The van der Waals surface area contributed by atoms with E-state index < -0.39 is 9.84 Å². The van der Waals surface area contributed by atoms with Gasteiger partial charge in [-0.05, 0) is 30.5 Å². The zero-order valence-corrected chi connectivity index (χ0v) is 10.8. The molecule has 1 fully saturated rings. The molecule has 1 heterocycles. The van der Waals surface area contributed by atoms with E-state index in [1.165, 1.54) is 18.2 Å². The SMILES string of the molecule is Nc1cc(Cl)ccc1S(=O)(=O)CC1CCOC1. The first-order valence-electron chi connectivity index (χ1n) is 5.34. The van der Waals surface area contributed by atoms with Crippen LogP contribution < -0.4 is 5.73 Å². The Hall–Kier alpha value is -0.780. The zero-order chi connectivity index (χ0) is 12.5. The van der Waals surface area contributed by atoms with E-state index in [0.29, 0.717) is 18.2 Å². The fourth-order valence-electron chi connectivity index (χ4n) is 1.92. The lowest BCUT2D eigenvalue weighted by Gasteiger charge is -2.11. The van der Waals surface area contributed by atoms with Gasteiger partial charge in [-0.1, -0.05) is 11.6 Å². The second kappa shape index (κ2) is 4.84. The summed E-state index contributed by atoms with van der Waals surface area (Å²) in [4.78, 5) is 0.161. The average molecular weight is 276 g/mol. The second-order valence-electron chi connectivity index (χ2n) is 4.19. The minimum absolute atomic E-state index is 0.0649. The van der Waals surface area contributed by atoms with Crippen molar-refractivity contribution in [3.63, 3.8) is 0 Å². The Balaban J connectivity index is 2.24. The third kappa shape index (κ3) is 2.91. The molecule has 0 aliphatic carbocycles. The lowest BCUT2D eigenvalue weighted by Crippen LogP contribution is -2.17. The fourth-order valence-corrected chi connectivity index (χ4v) is 3.85. The molecule has 94 valence electrons. The van der Waals surface area contributed by atoms with Gasteiger partial charge in [0.15, 0.2) is 9.84 Å². The van der Waals surface area contributed by atoms with Gasteiger partial charge in [0.2, 0.25) is 0 Å². The molecule has 1 saturated heterocycles. The molecule has 17 heavy (non-hydrogen) atoms. The molecule has 0 spiro atoms. The van der Waals surface area contributed by atoms with Gasteiger partial charge in [0.25, 0.3) is 0 Å². The van der Waals surface area contributed by atoms with E-state index in [2.05, 4.69) is 0 Å². The summed E-state index contributed by atoms with van der Waals surface area (Å²) in [5.41, 5.74) is 5.89. The van der Waals surface area contributed by atoms with Crippen LogP contribution in [0, 0.1) is 5.92 Å². The molecule has 2 N–H and O–H groups in total. The van der Waals surface area contributed by atoms with Crippen LogP contribution >= 0.6 is 11.6 Å². The highest BCUT2D eigenvalue weighted by Crippen LogP contribution is 2.26. The van der Waals surface area contributed by atoms with Gasteiger partial charge in [-0.2, -0.15) is 0 Å². The highest BCUT2D eigenvalue weighted by molar-refractivity contribution is 7.91. The molecule has 1 aromatic rings. The molecule has 1 aliphatic rings. The van der Waals surface area contributed by atoms with Gasteiger partial charge in [0.05, 0.1) is 22.9 Å². The van der Waals surface area contributed by atoms with Crippen LogP contribution in [0.1, 0.15) is 6.42 Å². The first kappa shape index (κ1) is 12.7. The van der Waals surface area contributed by atoms with E-state index in [1.807, 2.05) is 0 Å². The number of nitrogen functional groups attached to an aromatic ring is 1. The van der Waals surface area contributed by atoms with Crippen molar-refractivity contribution in [2.75, 3.05) is 24.7 Å². The first-order valence-corrected chi connectivity index (χ1v) is 7.37. The number of benzene rings is 1. The number of rotatable bonds is 3. The standard InChI is InChI=1S/C11H14ClNO3S/c12-9-1-2-11(10(13)5-9)17(14,15)7-8-3-4-16-6-8/h1-2,5,8H,3-4,6-7,13H2. The van der Waals surface area contributed by atoms with E-state index in [1.54, 1.807) is 0 Å². The summed E-state index contributed by atoms with van der Waals surface area (Å²) in [6, 6.07) is 4.46. The summed E-state index contributed by atoms with van der Waals surface area (Å²) in [7, 11) is -3.35. The van der Waals surface area contributed by atoms with Crippen LogP contribution in [0.15, 0.2) is 23.1 Å². The summed E-state index contributed by atoms with van der Waals surface area (Å²) in [6.07, 6.45) is 0.784. The number of anilines is 1. The Morgan fingerprint density at radius 2 is 2.24 bits per heavy atom. The largest absolute Gasteiger partial charge is 0.398 e. The normalized spacial score (nSPS) is 20.6. The molecule has 0 bridgehead atoms. The molecule has 2 rings (SSSR count). The summed E-state index contributed by atoms with van der Waals surface area (Å²) < 4.78 is 29.5. The van der Waals surface area contributed by atoms with Crippen LogP contribution in [-0.4, -0.2) is 27.4 Å². The van der Waals surface area contributed by atoms with Crippen molar-refractivity contribution in [2.24, 2.45) is 5.92 Å². The van der Waals surface area contributed by atoms with Crippen LogP contribution in [0.4, 0.5) is 5.69 Å². The van der Waals surface area contributed by atoms with E-state index in [9.17, 15) is 8.42 Å². The zero-order valence-electron chi connectivity index (χ0n) is 9.23. The van der Waals surface area contributed by atoms with Crippen molar-refractivity contribution in [3.05, 3.63) is 23.2 Å². The molecular formula is C11H14ClNO3S. The molecule has 6 heteroatoms. The molecular weight excluding hydrogens is 262 g/mol. The Kier molecular flexibility index (Phi) is 3.61. The fraction of sp³-hybridized carbons (Fsp3) is 0.455. The maximum absolute atomic E-state index is 12.1. The number of hydrogen-bond acceptors (Lipinski definition) is 4. The monoisotopic (exact) mass is 275 g/mol. The van der Waals surface area contributed by atoms with Crippen molar-refractivity contribution in [1.82, 2.24) is 0 Å². The van der Waals surface area contributed by atoms with E-state index >= 15 is 0 Å². The van der Waals surface area contributed by atoms with Crippen LogP contribution in [0.5, 0.6) is 0 Å². The molecule has 0 amide bonds. The van der Waals surface area contributed by atoms with Gasteiger partial charge in [-0.3, -0.25) is 0 Å². The highest BCUT2D eigenvalue weighted by Gasteiger charge is 2.26. The maximum atomic E-state index is 12.1. The van der Waals surface area contributed by atoms with E-state index in [0.717, 1.165) is 6.42 Å². The summed E-state index contributed by atoms with van der Waals surface area (Å²) in [6.45, 7) is 1.14. The van der Waals surface area contributed by atoms with Crippen LogP contribution in [-0.2, 0) is 14.6 Å². The molecule has 0 saturated carbocycles. The maximum Gasteiger partial charge on any atom is 0.180 e. The van der Waals surface area contributed by atoms with Gasteiger partial charge in [-0.15, -0.1) is 0 Å². The lowest BCUT2D eigenvalue weighted by atomic mass is 10.2. The van der Waals surface area contributed by atoms with E-state index in [4.69, 9.17) is 22.1 Å². The second-order valence-corrected chi connectivity index (χ2v) is 6.63. The highest BCUT2D eigenvalue weighted by atomic mass is 35.5. The van der Waals surface area contributed by atoms with Gasteiger partial charge in [0, 0.05) is 11.6 Å². The minimum atomic E-state index is -3.35. The third-order valence-corrected chi connectivity index (χ3v) is 4.97. The van der Waals surface area contributed by atoms with Crippen molar-refractivity contribution < 1.29 is 13.2 Å². The van der Waals surface area contributed by atoms with Crippen LogP contribution in [0.2, 0.25) is 5.02 Å². The molecule has 0 radical (unpaired) electrons. The molecule has 0 aromatic heterocycles. The number of sulfone groups is 1. The van der Waals surface area contributed by atoms with E-state index in [-0.39, 0.29) is 22.3 Å². The Labute approximate surface area is 106 Å². The van der Waals surface area contributed by atoms with Gasteiger partial charge in [0.1, 0.15) is 0 Å².